The van der Waals surface area contributed by atoms with Crippen molar-refractivity contribution >= 4 is 33.7 Å². The number of likely N-dealkylation sites (tertiary alicyclic amines) is 1. The molecule has 0 radical (unpaired) electrons. The molecule has 0 aliphatic carbocycles. The average molecular weight is 411 g/mol. The summed E-state index contributed by atoms with van der Waals surface area (Å²) < 4.78 is 5.91. The van der Waals surface area contributed by atoms with Crippen LogP contribution in [0.5, 0.6) is 0 Å². The zero-order valence-corrected chi connectivity index (χ0v) is 15.9. The highest BCUT2D eigenvalue weighted by Crippen LogP contribution is 2.16. The van der Waals surface area contributed by atoms with Crippen LogP contribution in [0, 0.1) is 0 Å². The molecule has 0 bridgehead atoms. The Bertz CT molecular complexity index is 618. The number of esters is 1. The van der Waals surface area contributed by atoms with Gasteiger partial charge in [0.15, 0.2) is 6.61 Å². The van der Waals surface area contributed by atoms with E-state index in [9.17, 15) is 14.4 Å². The number of carbonyl (C=O) groups is 3. The van der Waals surface area contributed by atoms with Gasteiger partial charge in [0.2, 0.25) is 0 Å². The zero-order chi connectivity index (χ0) is 18.2. The molecule has 2 rings (SSSR count). The molecule has 6 nitrogen and oxygen atoms in total. The maximum absolute atomic E-state index is 12.1. The molecular formula is C18H23BrN2O4. The smallest absolute Gasteiger partial charge is 0.308 e. The summed E-state index contributed by atoms with van der Waals surface area (Å²) in [5.74, 6) is -0.896. The van der Waals surface area contributed by atoms with Crippen molar-refractivity contribution in [3.8, 4) is 0 Å². The first kappa shape index (κ1) is 19.4. The number of hydrogen-bond acceptors (Lipinski definition) is 4. The zero-order valence-electron chi connectivity index (χ0n) is 14.3. The van der Waals surface area contributed by atoms with Crippen LogP contribution in [0.4, 0.5) is 0 Å². The maximum Gasteiger partial charge on any atom is 0.308 e. The Hall–Kier alpha value is -1.89. The first-order valence-corrected chi connectivity index (χ1v) is 9.25. The number of rotatable bonds is 6. The standard InChI is InChI=1S/C18H23BrN2O4/c1-13-4-2-3-11-21(13)16(22)12-25-17(23)9-10-20-18(24)14-5-7-15(19)8-6-14/h5-8,13H,2-4,9-12H2,1H3,(H,20,24)/t13-/m1/s1. The summed E-state index contributed by atoms with van der Waals surface area (Å²) in [6.45, 7) is 2.67. The normalized spacial score (nSPS) is 17.0. The van der Waals surface area contributed by atoms with Crippen LogP contribution in [0.3, 0.4) is 0 Å². The molecule has 0 aromatic heterocycles. The maximum atomic E-state index is 12.1. The molecule has 25 heavy (non-hydrogen) atoms. The minimum atomic E-state index is -0.492. The molecule has 0 spiro atoms. The second-order valence-corrected chi connectivity index (χ2v) is 7.02. The molecule has 1 aromatic rings. The second-order valence-electron chi connectivity index (χ2n) is 6.11. The molecular weight excluding hydrogens is 388 g/mol. The van der Waals surface area contributed by atoms with Crippen molar-refractivity contribution in [3.63, 3.8) is 0 Å². The van der Waals surface area contributed by atoms with Crippen molar-refractivity contribution in [1.82, 2.24) is 10.2 Å². The van der Waals surface area contributed by atoms with Crippen molar-refractivity contribution in [2.45, 2.75) is 38.6 Å². The predicted octanol–water partition coefficient (Wildman–Crippen LogP) is 2.51. The first-order valence-electron chi connectivity index (χ1n) is 8.46. The van der Waals surface area contributed by atoms with E-state index >= 15 is 0 Å². The number of benzene rings is 1. The summed E-state index contributed by atoms with van der Waals surface area (Å²) in [5, 5.41) is 2.66. The number of ether oxygens (including phenoxy) is 1. The van der Waals surface area contributed by atoms with Gasteiger partial charge >= 0.3 is 5.97 Å². The van der Waals surface area contributed by atoms with Crippen LogP contribution >= 0.6 is 15.9 Å². The molecule has 0 saturated carbocycles. The SMILES string of the molecule is C[C@@H]1CCCCN1C(=O)COC(=O)CCNC(=O)c1ccc(Br)cc1. The fourth-order valence-electron chi connectivity index (χ4n) is 2.75. The predicted molar refractivity (Wildman–Crippen MR) is 97.1 cm³/mol. The minimum Gasteiger partial charge on any atom is -0.456 e. The van der Waals surface area contributed by atoms with Crippen LogP contribution in [0.2, 0.25) is 0 Å². The summed E-state index contributed by atoms with van der Waals surface area (Å²) in [6.07, 6.45) is 3.14. The number of halogens is 1. The van der Waals surface area contributed by atoms with Gasteiger partial charge in [0.1, 0.15) is 0 Å². The minimum absolute atomic E-state index is 0.0328. The largest absolute Gasteiger partial charge is 0.456 e. The molecule has 1 heterocycles. The molecule has 1 aliphatic rings. The van der Waals surface area contributed by atoms with Gasteiger partial charge < -0.3 is 15.0 Å². The van der Waals surface area contributed by atoms with Crippen LogP contribution in [0.1, 0.15) is 43.0 Å². The van der Waals surface area contributed by atoms with E-state index in [1.165, 1.54) is 0 Å². The Kier molecular flexibility index (Phi) is 7.43. The monoisotopic (exact) mass is 410 g/mol. The molecule has 1 N–H and O–H groups in total. The number of carbonyl (C=O) groups excluding carboxylic acids is 3. The molecule has 136 valence electrons. The van der Waals surface area contributed by atoms with Crippen LogP contribution in [-0.4, -0.2) is 48.4 Å². The van der Waals surface area contributed by atoms with Gasteiger partial charge in [-0.15, -0.1) is 0 Å². The third-order valence-electron chi connectivity index (χ3n) is 4.20. The molecule has 1 atom stereocenters. The highest BCUT2D eigenvalue weighted by atomic mass is 79.9. The number of amides is 2. The quantitative estimate of drug-likeness (QED) is 0.730. The molecule has 1 fully saturated rings. The lowest BCUT2D eigenvalue weighted by Crippen LogP contribution is -2.44. The summed E-state index contributed by atoms with van der Waals surface area (Å²) in [4.78, 5) is 37.5. The van der Waals surface area contributed by atoms with Crippen LogP contribution < -0.4 is 5.32 Å². The van der Waals surface area contributed by atoms with E-state index in [4.69, 9.17) is 4.74 Å². The van der Waals surface area contributed by atoms with Gasteiger partial charge in [0.25, 0.3) is 11.8 Å². The Balaban J connectivity index is 1.66. The van der Waals surface area contributed by atoms with Gasteiger partial charge in [-0.1, -0.05) is 15.9 Å². The van der Waals surface area contributed by atoms with E-state index in [2.05, 4.69) is 21.2 Å². The van der Waals surface area contributed by atoms with Crippen LogP contribution in [0.25, 0.3) is 0 Å². The summed E-state index contributed by atoms with van der Waals surface area (Å²) in [6, 6.07) is 7.13. The number of hydrogen-bond donors (Lipinski definition) is 1. The Morgan fingerprint density at radius 2 is 1.96 bits per heavy atom. The Morgan fingerprint density at radius 3 is 2.64 bits per heavy atom. The van der Waals surface area contributed by atoms with Crippen molar-refractivity contribution < 1.29 is 19.1 Å². The van der Waals surface area contributed by atoms with Crippen molar-refractivity contribution in [3.05, 3.63) is 34.3 Å². The molecule has 1 aliphatic heterocycles. The lowest BCUT2D eigenvalue weighted by Gasteiger charge is -2.33. The van der Waals surface area contributed by atoms with E-state index in [-0.39, 0.29) is 37.4 Å². The van der Waals surface area contributed by atoms with E-state index in [1.54, 1.807) is 29.2 Å². The van der Waals surface area contributed by atoms with Crippen molar-refractivity contribution in [1.29, 1.82) is 0 Å². The van der Waals surface area contributed by atoms with Gasteiger partial charge in [-0.3, -0.25) is 14.4 Å². The van der Waals surface area contributed by atoms with Crippen molar-refractivity contribution in [2.24, 2.45) is 0 Å². The highest BCUT2D eigenvalue weighted by Gasteiger charge is 2.23. The third kappa shape index (κ3) is 6.16. The highest BCUT2D eigenvalue weighted by molar-refractivity contribution is 9.10. The summed E-state index contributed by atoms with van der Waals surface area (Å²) in [7, 11) is 0. The van der Waals surface area contributed by atoms with Gasteiger partial charge in [-0.05, 0) is 50.5 Å². The third-order valence-corrected chi connectivity index (χ3v) is 4.73. The Morgan fingerprint density at radius 1 is 1.24 bits per heavy atom. The topological polar surface area (TPSA) is 75.7 Å². The van der Waals surface area contributed by atoms with Crippen LogP contribution in [0.15, 0.2) is 28.7 Å². The molecule has 1 aromatic carbocycles. The van der Waals surface area contributed by atoms with Gasteiger partial charge in [0, 0.05) is 29.2 Å². The Labute approximate surface area is 156 Å². The molecule has 7 heteroatoms. The number of nitrogens with one attached hydrogen (secondary N) is 1. The second kappa shape index (κ2) is 9.56. The van der Waals surface area contributed by atoms with E-state index < -0.39 is 5.97 Å². The van der Waals surface area contributed by atoms with E-state index in [0.29, 0.717) is 5.56 Å². The van der Waals surface area contributed by atoms with E-state index in [1.807, 2.05) is 6.92 Å². The summed E-state index contributed by atoms with van der Waals surface area (Å²) in [5.41, 5.74) is 0.519. The molecule has 0 unspecified atom stereocenters. The fourth-order valence-corrected chi connectivity index (χ4v) is 3.01. The van der Waals surface area contributed by atoms with Gasteiger partial charge in [0.05, 0.1) is 6.42 Å². The van der Waals surface area contributed by atoms with E-state index in [0.717, 1.165) is 30.3 Å². The number of piperidine rings is 1. The van der Waals surface area contributed by atoms with Crippen molar-refractivity contribution in [2.75, 3.05) is 19.7 Å². The lowest BCUT2D eigenvalue weighted by atomic mass is 10.0. The lowest BCUT2D eigenvalue weighted by molar-refractivity contribution is -0.153. The van der Waals surface area contributed by atoms with Gasteiger partial charge in [-0.2, -0.15) is 0 Å². The molecule has 2 amide bonds. The first-order chi connectivity index (χ1) is 12.0. The molecule has 1 saturated heterocycles. The number of nitrogens with zero attached hydrogens (tertiary/aromatic N) is 1. The summed E-state index contributed by atoms with van der Waals surface area (Å²) >= 11 is 3.30. The fraction of sp³-hybridized carbons (Fsp3) is 0.500. The average Bonchev–Trinajstić information content (AvgIpc) is 2.60. The van der Waals surface area contributed by atoms with Crippen LogP contribution in [-0.2, 0) is 14.3 Å². The van der Waals surface area contributed by atoms with Gasteiger partial charge in [-0.25, -0.2) is 0 Å².